The highest BCUT2D eigenvalue weighted by Gasteiger charge is 2.11. The molecule has 5 nitrogen and oxygen atoms in total. The van der Waals surface area contributed by atoms with Gasteiger partial charge in [0.2, 0.25) is 0 Å². The summed E-state index contributed by atoms with van der Waals surface area (Å²) in [5.74, 6) is -0.576. The molecule has 114 valence electrons. The van der Waals surface area contributed by atoms with Crippen LogP contribution in [-0.2, 0) is 0 Å². The molecule has 0 spiro atoms. The predicted molar refractivity (Wildman–Crippen MR) is 91.3 cm³/mol. The molecule has 0 aromatic heterocycles. The summed E-state index contributed by atoms with van der Waals surface area (Å²) in [6.45, 7) is 1.64. The van der Waals surface area contributed by atoms with Crippen molar-refractivity contribution in [1.82, 2.24) is 5.43 Å². The lowest BCUT2D eigenvalue weighted by Crippen LogP contribution is -2.19. The quantitative estimate of drug-likeness (QED) is 0.515. The Morgan fingerprint density at radius 2 is 1.73 bits per heavy atom. The van der Waals surface area contributed by atoms with Gasteiger partial charge in [0.15, 0.2) is 0 Å². The van der Waals surface area contributed by atoms with Gasteiger partial charge in [-0.3, -0.25) is 4.79 Å². The van der Waals surface area contributed by atoms with E-state index >= 15 is 0 Å². The lowest BCUT2D eigenvalue weighted by molar-refractivity contribution is 0.0954. The SMILES string of the molecule is C/C(=N/NC(=O)c1ccccc1Br)c1cc(Br)c(O)cc1O. The molecule has 0 saturated heterocycles. The smallest absolute Gasteiger partial charge is 0.272 e. The number of hydrogen-bond acceptors (Lipinski definition) is 4. The maximum atomic E-state index is 12.0. The molecular weight excluding hydrogens is 416 g/mol. The van der Waals surface area contributed by atoms with Gasteiger partial charge in [-0.2, -0.15) is 5.10 Å². The highest BCUT2D eigenvalue weighted by Crippen LogP contribution is 2.31. The fraction of sp³-hybridized carbons (Fsp3) is 0.0667. The lowest BCUT2D eigenvalue weighted by Gasteiger charge is -2.07. The van der Waals surface area contributed by atoms with Gasteiger partial charge in [0, 0.05) is 16.1 Å². The molecule has 0 heterocycles. The van der Waals surface area contributed by atoms with Crippen molar-refractivity contribution in [3.05, 3.63) is 56.5 Å². The minimum atomic E-state index is -0.371. The lowest BCUT2D eigenvalue weighted by atomic mass is 10.1. The maximum absolute atomic E-state index is 12.0. The number of hydrazone groups is 1. The molecule has 0 aliphatic carbocycles. The molecule has 0 radical (unpaired) electrons. The minimum Gasteiger partial charge on any atom is -0.507 e. The molecule has 1 amide bonds. The Morgan fingerprint density at radius 3 is 2.41 bits per heavy atom. The largest absolute Gasteiger partial charge is 0.507 e. The van der Waals surface area contributed by atoms with E-state index in [0.29, 0.717) is 25.8 Å². The van der Waals surface area contributed by atoms with Gasteiger partial charge >= 0.3 is 0 Å². The van der Waals surface area contributed by atoms with E-state index in [-0.39, 0.29) is 17.4 Å². The summed E-state index contributed by atoms with van der Waals surface area (Å²) in [5.41, 5.74) is 3.68. The van der Waals surface area contributed by atoms with Crippen LogP contribution in [0.3, 0.4) is 0 Å². The van der Waals surface area contributed by atoms with Crippen molar-refractivity contribution >= 4 is 43.5 Å². The molecule has 2 aromatic carbocycles. The van der Waals surface area contributed by atoms with Crippen molar-refractivity contribution in [2.45, 2.75) is 6.92 Å². The zero-order valence-corrected chi connectivity index (χ0v) is 14.6. The number of hydrogen-bond donors (Lipinski definition) is 3. The van der Waals surface area contributed by atoms with Crippen LogP contribution >= 0.6 is 31.9 Å². The number of rotatable bonds is 3. The number of nitrogens with zero attached hydrogens (tertiary/aromatic N) is 1. The normalized spacial score (nSPS) is 11.3. The molecule has 22 heavy (non-hydrogen) atoms. The van der Waals surface area contributed by atoms with E-state index in [1.807, 2.05) is 0 Å². The molecule has 3 N–H and O–H groups in total. The van der Waals surface area contributed by atoms with Crippen LogP contribution in [0.15, 0.2) is 50.4 Å². The Hall–Kier alpha value is -1.86. The van der Waals surface area contributed by atoms with Gasteiger partial charge in [-0.1, -0.05) is 12.1 Å². The molecule has 0 saturated carbocycles. The zero-order valence-electron chi connectivity index (χ0n) is 11.5. The molecule has 7 heteroatoms. The molecule has 0 atom stereocenters. The Labute approximate surface area is 143 Å². The van der Waals surface area contributed by atoms with Crippen LogP contribution in [-0.4, -0.2) is 21.8 Å². The summed E-state index contributed by atoms with van der Waals surface area (Å²) in [4.78, 5) is 12.0. The molecule has 2 rings (SSSR count). The third kappa shape index (κ3) is 3.66. The number of aromatic hydroxyl groups is 2. The molecule has 2 aromatic rings. The van der Waals surface area contributed by atoms with Crippen molar-refractivity contribution in [2.75, 3.05) is 0 Å². The van der Waals surface area contributed by atoms with Crippen LogP contribution < -0.4 is 5.43 Å². The van der Waals surface area contributed by atoms with Crippen LogP contribution in [0.1, 0.15) is 22.8 Å². The average molecular weight is 428 g/mol. The van der Waals surface area contributed by atoms with Crippen LogP contribution in [0, 0.1) is 0 Å². The number of carbonyl (C=O) groups excluding carboxylic acids is 1. The van der Waals surface area contributed by atoms with Crippen molar-refractivity contribution in [2.24, 2.45) is 5.10 Å². The Kier molecular flexibility index (Phi) is 5.20. The molecule has 0 aliphatic rings. The van der Waals surface area contributed by atoms with E-state index in [0.717, 1.165) is 0 Å². The second-order valence-electron chi connectivity index (χ2n) is 4.44. The highest BCUT2D eigenvalue weighted by atomic mass is 79.9. The van der Waals surface area contributed by atoms with Crippen LogP contribution in [0.4, 0.5) is 0 Å². The van der Waals surface area contributed by atoms with Crippen molar-refractivity contribution in [3.8, 4) is 11.5 Å². The third-order valence-electron chi connectivity index (χ3n) is 2.90. The van der Waals surface area contributed by atoms with Crippen molar-refractivity contribution in [3.63, 3.8) is 0 Å². The van der Waals surface area contributed by atoms with E-state index in [1.54, 1.807) is 31.2 Å². The molecular formula is C15H12Br2N2O3. The standard InChI is InChI=1S/C15H12Br2N2O3/c1-8(10-6-12(17)14(21)7-13(10)20)18-19-15(22)9-4-2-3-5-11(9)16/h2-7,20-21H,1H3,(H,19,22)/b18-8-. The first-order chi connectivity index (χ1) is 10.4. The fourth-order valence-corrected chi connectivity index (χ4v) is 2.55. The van der Waals surface area contributed by atoms with E-state index in [1.165, 1.54) is 12.1 Å². The number of phenolic OH excluding ortho intramolecular Hbond substituents is 2. The molecule has 0 bridgehead atoms. The van der Waals surface area contributed by atoms with Crippen LogP contribution in [0.5, 0.6) is 11.5 Å². The summed E-state index contributed by atoms with van der Waals surface area (Å²) in [6, 6.07) is 9.70. The molecule has 0 unspecified atom stereocenters. The number of benzene rings is 2. The van der Waals surface area contributed by atoms with Crippen LogP contribution in [0.2, 0.25) is 0 Å². The number of halogens is 2. The van der Waals surface area contributed by atoms with E-state index in [2.05, 4.69) is 42.4 Å². The summed E-state index contributed by atoms with van der Waals surface area (Å²) in [5, 5.41) is 23.3. The number of amides is 1. The van der Waals surface area contributed by atoms with Gasteiger partial charge in [0.1, 0.15) is 11.5 Å². The number of carbonyl (C=O) groups is 1. The van der Waals surface area contributed by atoms with Gasteiger partial charge in [-0.25, -0.2) is 5.43 Å². The van der Waals surface area contributed by atoms with Crippen LogP contribution in [0.25, 0.3) is 0 Å². The Balaban J connectivity index is 2.22. The van der Waals surface area contributed by atoms with Gasteiger partial charge in [-0.05, 0) is 57.0 Å². The highest BCUT2D eigenvalue weighted by molar-refractivity contribution is 9.10. The van der Waals surface area contributed by atoms with E-state index in [4.69, 9.17) is 0 Å². The summed E-state index contributed by atoms with van der Waals surface area (Å²) < 4.78 is 1.09. The Morgan fingerprint density at radius 1 is 1.05 bits per heavy atom. The number of phenols is 2. The summed E-state index contributed by atoms with van der Waals surface area (Å²) in [7, 11) is 0. The summed E-state index contributed by atoms with van der Waals surface area (Å²) >= 11 is 6.46. The van der Waals surface area contributed by atoms with Crippen molar-refractivity contribution in [1.29, 1.82) is 0 Å². The summed E-state index contributed by atoms with van der Waals surface area (Å²) in [6.07, 6.45) is 0. The monoisotopic (exact) mass is 426 g/mol. The first-order valence-corrected chi connectivity index (χ1v) is 7.79. The zero-order chi connectivity index (χ0) is 16.3. The molecule has 0 aliphatic heterocycles. The first-order valence-electron chi connectivity index (χ1n) is 6.21. The van der Waals surface area contributed by atoms with Gasteiger partial charge in [-0.15, -0.1) is 0 Å². The second-order valence-corrected chi connectivity index (χ2v) is 6.15. The third-order valence-corrected chi connectivity index (χ3v) is 4.23. The van der Waals surface area contributed by atoms with E-state index < -0.39 is 0 Å². The first kappa shape index (κ1) is 16.5. The van der Waals surface area contributed by atoms with Gasteiger partial charge in [0.05, 0.1) is 15.7 Å². The second kappa shape index (κ2) is 6.93. The predicted octanol–water partition coefficient (Wildman–Crippen LogP) is 3.78. The maximum Gasteiger partial charge on any atom is 0.272 e. The molecule has 0 fully saturated rings. The fourth-order valence-electron chi connectivity index (χ4n) is 1.74. The number of nitrogens with one attached hydrogen (secondary N) is 1. The average Bonchev–Trinajstić information content (AvgIpc) is 2.48. The van der Waals surface area contributed by atoms with Crippen molar-refractivity contribution < 1.29 is 15.0 Å². The van der Waals surface area contributed by atoms with Gasteiger partial charge in [0.25, 0.3) is 5.91 Å². The minimum absolute atomic E-state index is 0.0775. The van der Waals surface area contributed by atoms with Gasteiger partial charge < -0.3 is 10.2 Å². The van der Waals surface area contributed by atoms with E-state index in [9.17, 15) is 15.0 Å². The Bertz CT molecular complexity index is 760. The topological polar surface area (TPSA) is 81.9 Å².